The molecule has 1 heterocycles. The molecule has 0 aromatic carbocycles. The van der Waals surface area contributed by atoms with E-state index >= 15 is 0 Å². The minimum Gasteiger partial charge on any atom is -0.450 e. The summed E-state index contributed by atoms with van der Waals surface area (Å²) in [7, 11) is 1.73. The third kappa shape index (κ3) is 7.50. The van der Waals surface area contributed by atoms with Crippen molar-refractivity contribution in [1.82, 2.24) is 15.5 Å². The van der Waals surface area contributed by atoms with E-state index in [1.165, 1.54) is 0 Å². The second-order valence-corrected chi connectivity index (χ2v) is 7.41. The first-order valence-corrected chi connectivity index (χ1v) is 9.31. The molecule has 1 aliphatic heterocycles. The Hall–Kier alpha value is -1.50. The molecule has 0 radical (unpaired) electrons. The van der Waals surface area contributed by atoms with Gasteiger partial charge in [-0.1, -0.05) is 20.8 Å². The van der Waals surface area contributed by atoms with E-state index in [1.807, 2.05) is 6.92 Å². The second kappa shape index (κ2) is 10.5. The highest BCUT2D eigenvalue weighted by Gasteiger charge is 2.26. The van der Waals surface area contributed by atoms with Crippen LogP contribution in [0.2, 0.25) is 0 Å². The molecule has 7 heteroatoms. The van der Waals surface area contributed by atoms with E-state index in [1.54, 1.807) is 12.0 Å². The van der Waals surface area contributed by atoms with Gasteiger partial charge in [-0.15, -0.1) is 0 Å². The van der Waals surface area contributed by atoms with Crippen molar-refractivity contribution in [3.05, 3.63) is 0 Å². The SMILES string of the molecule is CCNC(=NCC(OC)C(C)(C)C)NC1CCN(C(=O)OCC)CC1. The van der Waals surface area contributed by atoms with E-state index in [0.29, 0.717) is 32.3 Å². The number of carbonyl (C=O) groups is 1. The van der Waals surface area contributed by atoms with Crippen LogP contribution in [0.1, 0.15) is 47.5 Å². The molecule has 1 amide bonds. The van der Waals surface area contributed by atoms with Crippen molar-refractivity contribution >= 4 is 12.1 Å². The summed E-state index contributed by atoms with van der Waals surface area (Å²) in [5.74, 6) is 0.809. The number of amides is 1. The van der Waals surface area contributed by atoms with Gasteiger partial charge in [0.05, 0.1) is 19.3 Å². The summed E-state index contributed by atoms with van der Waals surface area (Å²) in [5.41, 5.74) is 0.0422. The summed E-state index contributed by atoms with van der Waals surface area (Å²) in [5, 5.41) is 6.78. The fourth-order valence-corrected chi connectivity index (χ4v) is 2.81. The highest BCUT2D eigenvalue weighted by Crippen LogP contribution is 2.21. The minimum absolute atomic E-state index is 0.0422. The number of hydrogen-bond acceptors (Lipinski definition) is 4. The first-order valence-electron chi connectivity index (χ1n) is 9.31. The van der Waals surface area contributed by atoms with E-state index in [0.717, 1.165) is 25.3 Å². The van der Waals surface area contributed by atoms with Crippen LogP contribution in [0.25, 0.3) is 0 Å². The molecule has 2 N–H and O–H groups in total. The van der Waals surface area contributed by atoms with Crippen molar-refractivity contribution < 1.29 is 14.3 Å². The van der Waals surface area contributed by atoms with Gasteiger partial charge < -0.3 is 25.0 Å². The van der Waals surface area contributed by atoms with Crippen LogP contribution in [0.15, 0.2) is 4.99 Å². The standard InChI is InChI=1S/C18H36N4O3/c1-7-19-16(20-13-15(24-6)18(3,4)5)21-14-9-11-22(12-10-14)17(23)25-8-2/h14-15H,7-13H2,1-6H3,(H2,19,20,21). The Labute approximate surface area is 152 Å². The predicted molar refractivity (Wildman–Crippen MR) is 101 cm³/mol. The number of piperidine rings is 1. The number of likely N-dealkylation sites (tertiary alicyclic amines) is 1. The monoisotopic (exact) mass is 356 g/mol. The van der Waals surface area contributed by atoms with Crippen LogP contribution in [0.5, 0.6) is 0 Å². The van der Waals surface area contributed by atoms with Gasteiger partial charge in [-0.25, -0.2) is 4.79 Å². The lowest BCUT2D eigenvalue weighted by molar-refractivity contribution is 0.0241. The highest BCUT2D eigenvalue weighted by molar-refractivity contribution is 5.80. The molecule has 0 aliphatic carbocycles. The van der Waals surface area contributed by atoms with Gasteiger partial charge in [0, 0.05) is 32.8 Å². The number of guanidine groups is 1. The Kier molecular flexibility index (Phi) is 9.03. The maximum absolute atomic E-state index is 11.8. The summed E-state index contributed by atoms with van der Waals surface area (Å²) < 4.78 is 10.6. The van der Waals surface area contributed by atoms with Crippen molar-refractivity contribution in [2.75, 3.05) is 39.9 Å². The van der Waals surface area contributed by atoms with E-state index in [4.69, 9.17) is 14.5 Å². The molecule has 1 aliphatic rings. The summed E-state index contributed by atoms with van der Waals surface area (Å²) in [6, 6.07) is 0.305. The van der Waals surface area contributed by atoms with Crippen LogP contribution in [-0.2, 0) is 9.47 Å². The van der Waals surface area contributed by atoms with E-state index in [9.17, 15) is 4.79 Å². The van der Waals surface area contributed by atoms with Gasteiger partial charge in [0.2, 0.25) is 0 Å². The molecule has 1 unspecified atom stereocenters. The van der Waals surface area contributed by atoms with Crippen molar-refractivity contribution in [3.8, 4) is 0 Å². The summed E-state index contributed by atoms with van der Waals surface area (Å²) in [4.78, 5) is 18.2. The van der Waals surface area contributed by atoms with Gasteiger partial charge in [0.25, 0.3) is 0 Å². The molecule has 0 spiro atoms. The number of rotatable bonds is 6. The molecule has 146 valence electrons. The smallest absolute Gasteiger partial charge is 0.409 e. The average molecular weight is 357 g/mol. The molecule has 0 aromatic heterocycles. The van der Waals surface area contributed by atoms with Crippen molar-refractivity contribution in [1.29, 1.82) is 0 Å². The maximum Gasteiger partial charge on any atom is 0.409 e. The van der Waals surface area contributed by atoms with Gasteiger partial charge in [0.15, 0.2) is 5.96 Å². The number of hydrogen-bond donors (Lipinski definition) is 2. The molecular formula is C18H36N4O3. The fourth-order valence-electron chi connectivity index (χ4n) is 2.81. The number of carbonyl (C=O) groups excluding carboxylic acids is 1. The van der Waals surface area contributed by atoms with E-state index in [-0.39, 0.29) is 17.6 Å². The van der Waals surface area contributed by atoms with Crippen LogP contribution >= 0.6 is 0 Å². The topological polar surface area (TPSA) is 75.2 Å². The maximum atomic E-state index is 11.8. The van der Waals surface area contributed by atoms with Crippen LogP contribution < -0.4 is 10.6 Å². The Balaban J connectivity index is 2.55. The molecule has 7 nitrogen and oxygen atoms in total. The first-order chi connectivity index (χ1) is 11.8. The Bertz CT molecular complexity index is 427. The van der Waals surface area contributed by atoms with Crippen molar-refractivity contribution in [2.45, 2.75) is 59.6 Å². The Morgan fingerprint density at radius 3 is 2.40 bits per heavy atom. The predicted octanol–water partition coefficient (Wildman–Crippen LogP) is 2.22. The second-order valence-electron chi connectivity index (χ2n) is 7.41. The lowest BCUT2D eigenvalue weighted by Crippen LogP contribution is -2.50. The zero-order chi connectivity index (χ0) is 18.9. The lowest BCUT2D eigenvalue weighted by atomic mass is 9.89. The van der Waals surface area contributed by atoms with Gasteiger partial charge >= 0.3 is 6.09 Å². The molecule has 25 heavy (non-hydrogen) atoms. The molecule has 1 fully saturated rings. The largest absolute Gasteiger partial charge is 0.450 e. The molecule has 0 saturated carbocycles. The number of aliphatic imine (C=N–C) groups is 1. The average Bonchev–Trinajstić information content (AvgIpc) is 2.55. The molecule has 1 saturated heterocycles. The Morgan fingerprint density at radius 2 is 1.92 bits per heavy atom. The van der Waals surface area contributed by atoms with Gasteiger partial charge in [-0.2, -0.15) is 0 Å². The van der Waals surface area contributed by atoms with Crippen molar-refractivity contribution in [2.24, 2.45) is 10.4 Å². The number of nitrogens with one attached hydrogen (secondary N) is 2. The molecule has 0 aromatic rings. The minimum atomic E-state index is -0.213. The van der Waals surface area contributed by atoms with Crippen molar-refractivity contribution in [3.63, 3.8) is 0 Å². The van der Waals surface area contributed by atoms with Crippen LogP contribution in [-0.4, -0.2) is 69.0 Å². The number of nitrogens with zero attached hydrogens (tertiary/aromatic N) is 2. The lowest BCUT2D eigenvalue weighted by Gasteiger charge is -2.32. The normalized spacial score (nSPS) is 18.0. The number of ether oxygens (including phenoxy) is 2. The third-order valence-electron chi connectivity index (χ3n) is 4.37. The van der Waals surface area contributed by atoms with Crippen LogP contribution in [0.4, 0.5) is 4.79 Å². The van der Waals surface area contributed by atoms with E-state index in [2.05, 4.69) is 38.3 Å². The number of methoxy groups -OCH3 is 1. The molecule has 1 atom stereocenters. The van der Waals surface area contributed by atoms with Gasteiger partial charge in [0.1, 0.15) is 0 Å². The first kappa shape index (κ1) is 21.5. The van der Waals surface area contributed by atoms with Gasteiger partial charge in [-0.3, -0.25) is 4.99 Å². The summed E-state index contributed by atoms with van der Waals surface area (Å²) in [6.07, 6.45) is 1.62. The van der Waals surface area contributed by atoms with Crippen LogP contribution in [0, 0.1) is 5.41 Å². The molecule has 1 rings (SSSR count). The Morgan fingerprint density at radius 1 is 1.28 bits per heavy atom. The third-order valence-corrected chi connectivity index (χ3v) is 4.37. The summed E-state index contributed by atoms with van der Waals surface area (Å²) >= 11 is 0. The molecular weight excluding hydrogens is 320 g/mol. The summed E-state index contributed by atoms with van der Waals surface area (Å²) in [6.45, 7) is 13.6. The molecule has 0 bridgehead atoms. The zero-order valence-electron chi connectivity index (χ0n) is 16.7. The fraction of sp³-hybridized carbons (Fsp3) is 0.889. The van der Waals surface area contributed by atoms with Crippen LogP contribution in [0.3, 0.4) is 0 Å². The quantitative estimate of drug-likeness (QED) is 0.564. The van der Waals surface area contributed by atoms with E-state index < -0.39 is 0 Å². The zero-order valence-corrected chi connectivity index (χ0v) is 16.7. The van der Waals surface area contributed by atoms with Gasteiger partial charge in [-0.05, 0) is 32.1 Å². The highest BCUT2D eigenvalue weighted by atomic mass is 16.6.